The number of aliphatic hydroxyl groups is 1. The maximum Gasteiger partial charge on any atom is 0.339 e. The third-order valence-corrected chi connectivity index (χ3v) is 9.67. The average Bonchev–Trinajstić information content (AvgIpc) is 3.81. The van der Waals surface area contributed by atoms with Crippen molar-refractivity contribution in [1.29, 1.82) is 5.26 Å². The van der Waals surface area contributed by atoms with Crippen LogP contribution in [0.25, 0.3) is 0 Å². The summed E-state index contributed by atoms with van der Waals surface area (Å²) in [7, 11) is -3.93. The smallest absolute Gasteiger partial charge is 0.339 e. The van der Waals surface area contributed by atoms with E-state index < -0.39 is 27.5 Å². The molecule has 3 aromatic carbocycles. The fraction of sp³-hybridized carbons (Fsp3) is 0.281. The van der Waals surface area contributed by atoms with Crippen molar-refractivity contribution < 1.29 is 27.9 Å². The number of nitriles is 1. The standard InChI is InChI=1S/C32H29N3O6S/c33-20-21-9-13-26(14-10-21)42(39,40)34-25-8-4-7-24(19-25)27(22-11-12-22)28-29(36)32(41-31(28)38)15-17-35(18-16-32)30(37)23-5-2-1-3-6-23/h1-10,13-14,19,22,27,34,36H,11-12,15-18H2. The molecule has 1 saturated carbocycles. The molecule has 0 aromatic heterocycles. The highest BCUT2D eigenvalue weighted by Gasteiger charge is 2.54. The molecule has 1 spiro atoms. The van der Waals surface area contributed by atoms with E-state index in [0.717, 1.165) is 12.8 Å². The van der Waals surface area contributed by atoms with E-state index in [1.807, 2.05) is 30.3 Å². The first kappa shape index (κ1) is 27.5. The van der Waals surface area contributed by atoms with Crippen molar-refractivity contribution in [1.82, 2.24) is 4.90 Å². The quantitative estimate of drug-likeness (QED) is 0.378. The zero-order chi connectivity index (χ0) is 29.5. The molecule has 2 aliphatic heterocycles. The SMILES string of the molecule is N#Cc1ccc(S(=O)(=O)Nc2cccc(C(C3=C(O)C4(CCN(C(=O)c5ccccc5)CC4)OC3=O)C3CC3)c2)cc1. The Labute approximate surface area is 244 Å². The van der Waals surface area contributed by atoms with Gasteiger partial charge < -0.3 is 14.7 Å². The van der Waals surface area contributed by atoms with Crippen molar-refractivity contribution in [3.63, 3.8) is 0 Å². The summed E-state index contributed by atoms with van der Waals surface area (Å²) in [5.41, 5.74) is 0.988. The highest BCUT2D eigenvalue weighted by molar-refractivity contribution is 7.92. The fourth-order valence-corrected chi connectivity index (χ4v) is 6.94. The number of likely N-dealkylation sites (tertiary alicyclic amines) is 1. The Kier molecular flexibility index (Phi) is 6.99. The number of carbonyl (C=O) groups excluding carboxylic acids is 2. The Hall–Kier alpha value is -4.62. The number of carbonyl (C=O) groups is 2. The number of aliphatic hydroxyl groups excluding tert-OH is 1. The molecule has 3 aliphatic rings. The Morgan fingerprint density at radius 3 is 2.36 bits per heavy atom. The second kappa shape index (κ2) is 10.7. The van der Waals surface area contributed by atoms with Crippen molar-refractivity contribution in [2.24, 2.45) is 5.92 Å². The van der Waals surface area contributed by atoms with Gasteiger partial charge in [0.1, 0.15) is 5.76 Å². The molecule has 6 rings (SSSR count). The van der Waals surface area contributed by atoms with Crippen LogP contribution >= 0.6 is 0 Å². The van der Waals surface area contributed by atoms with E-state index in [4.69, 9.17) is 10.00 Å². The molecule has 0 bridgehead atoms. The Morgan fingerprint density at radius 1 is 1.02 bits per heavy atom. The number of ether oxygens (including phenoxy) is 1. The van der Waals surface area contributed by atoms with Gasteiger partial charge in [-0.1, -0.05) is 30.3 Å². The Balaban J connectivity index is 1.24. The van der Waals surface area contributed by atoms with Crippen LogP contribution in [-0.2, 0) is 19.6 Å². The number of hydrogen-bond acceptors (Lipinski definition) is 7. The summed E-state index contributed by atoms with van der Waals surface area (Å²) in [5, 5.41) is 20.5. The Bertz CT molecular complexity index is 1720. The van der Waals surface area contributed by atoms with Crippen LogP contribution in [0.3, 0.4) is 0 Å². The minimum Gasteiger partial charge on any atom is -0.507 e. The number of sulfonamides is 1. The van der Waals surface area contributed by atoms with E-state index >= 15 is 0 Å². The van der Waals surface area contributed by atoms with E-state index in [9.17, 15) is 23.1 Å². The molecule has 2 fully saturated rings. The molecule has 9 nitrogen and oxygen atoms in total. The van der Waals surface area contributed by atoms with Gasteiger partial charge in [0, 0.05) is 43.1 Å². The first-order valence-electron chi connectivity index (χ1n) is 13.8. The third kappa shape index (κ3) is 5.12. The van der Waals surface area contributed by atoms with E-state index in [1.54, 1.807) is 35.2 Å². The normalized spacial score (nSPS) is 18.8. The molecular formula is C32H29N3O6S. The van der Waals surface area contributed by atoms with Gasteiger partial charge in [0.05, 0.1) is 22.1 Å². The monoisotopic (exact) mass is 583 g/mol. The highest BCUT2D eigenvalue weighted by atomic mass is 32.2. The van der Waals surface area contributed by atoms with Gasteiger partial charge in [-0.2, -0.15) is 5.26 Å². The first-order chi connectivity index (χ1) is 20.2. The molecule has 1 unspecified atom stereocenters. The number of esters is 1. The molecule has 2 N–H and O–H groups in total. The van der Waals surface area contributed by atoms with E-state index in [2.05, 4.69) is 4.72 Å². The van der Waals surface area contributed by atoms with Crippen molar-refractivity contribution in [3.05, 3.63) is 107 Å². The van der Waals surface area contributed by atoms with Crippen LogP contribution in [0.1, 0.15) is 53.1 Å². The average molecular weight is 584 g/mol. The predicted molar refractivity (Wildman–Crippen MR) is 154 cm³/mol. The van der Waals surface area contributed by atoms with E-state index in [-0.39, 0.29) is 40.9 Å². The molecule has 1 atom stereocenters. The van der Waals surface area contributed by atoms with Crippen molar-refractivity contribution in [2.75, 3.05) is 17.8 Å². The second-order valence-corrected chi connectivity index (χ2v) is 12.7. The molecule has 214 valence electrons. The summed E-state index contributed by atoms with van der Waals surface area (Å²) in [4.78, 5) is 28.0. The second-order valence-electron chi connectivity index (χ2n) is 11.0. The van der Waals surface area contributed by atoms with Crippen LogP contribution in [-0.4, -0.2) is 49.0 Å². The van der Waals surface area contributed by atoms with Gasteiger partial charge in [0.2, 0.25) is 0 Å². The van der Waals surface area contributed by atoms with Gasteiger partial charge in [-0.3, -0.25) is 9.52 Å². The van der Waals surface area contributed by atoms with Crippen LogP contribution in [0, 0.1) is 17.2 Å². The zero-order valence-corrected chi connectivity index (χ0v) is 23.5. The van der Waals surface area contributed by atoms with Gasteiger partial charge in [0.15, 0.2) is 5.60 Å². The summed E-state index contributed by atoms with van der Waals surface area (Å²) < 4.78 is 34.5. The van der Waals surface area contributed by atoms with Crippen molar-refractivity contribution >= 4 is 27.6 Å². The lowest BCUT2D eigenvalue weighted by Gasteiger charge is -2.38. The summed E-state index contributed by atoms with van der Waals surface area (Å²) >= 11 is 0. The molecule has 1 amide bonds. The van der Waals surface area contributed by atoms with Crippen LogP contribution < -0.4 is 4.72 Å². The van der Waals surface area contributed by atoms with E-state index in [1.165, 1.54) is 24.3 Å². The number of rotatable bonds is 7. The van der Waals surface area contributed by atoms with Crippen molar-refractivity contribution in [3.8, 4) is 6.07 Å². The fourth-order valence-electron chi connectivity index (χ4n) is 5.89. The van der Waals surface area contributed by atoms with Gasteiger partial charge in [-0.05, 0) is 72.9 Å². The van der Waals surface area contributed by atoms with Crippen LogP contribution in [0.2, 0.25) is 0 Å². The number of piperidine rings is 1. The molecule has 2 heterocycles. The lowest BCUT2D eigenvalue weighted by atomic mass is 9.82. The predicted octanol–water partition coefficient (Wildman–Crippen LogP) is 4.90. The first-order valence-corrected chi connectivity index (χ1v) is 15.3. The largest absolute Gasteiger partial charge is 0.507 e. The van der Waals surface area contributed by atoms with Crippen LogP contribution in [0.15, 0.2) is 95.1 Å². The maximum absolute atomic E-state index is 13.3. The molecule has 10 heteroatoms. The molecular weight excluding hydrogens is 554 g/mol. The third-order valence-electron chi connectivity index (χ3n) is 8.27. The lowest BCUT2D eigenvalue weighted by molar-refractivity contribution is -0.151. The molecule has 3 aromatic rings. The summed E-state index contributed by atoms with van der Waals surface area (Å²) in [6.45, 7) is 0.665. The van der Waals surface area contributed by atoms with Gasteiger partial charge in [0.25, 0.3) is 15.9 Å². The maximum atomic E-state index is 13.3. The van der Waals surface area contributed by atoms with Crippen molar-refractivity contribution in [2.45, 2.75) is 42.1 Å². The number of benzene rings is 3. The minimum atomic E-state index is -3.93. The number of nitrogens with one attached hydrogen (secondary N) is 1. The number of nitrogens with zero attached hydrogens (tertiary/aromatic N) is 2. The molecule has 0 radical (unpaired) electrons. The number of anilines is 1. The summed E-state index contributed by atoms with van der Waals surface area (Å²) in [5.74, 6) is -1.11. The number of hydrogen-bond donors (Lipinski definition) is 2. The zero-order valence-electron chi connectivity index (χ0n) is 22.7. The van der Waals surface area contributed by atoms with Crippen LogP contribution in [0.4, 0.5) is 5.69 Å². The summed E-state index contributed by atoms with van der Waals surface area (Å²) in [6.07, 6.45) is 2.30. The highest BCUT2D eigenvalue weighted by Crippen LogP contribution is 2.52. The lowest BCUT2D eigenvalue weighted by Crippen LogP contribution is -2.48. The Morgan fingerprint density at radius 2 is 1.71 bits per heavy atom. The molecule has 1 saturated heterocycles. The van der Waals surface area contributed by atoms with E-state index in [0.29, 0.717) is 35.5 Å². The minimum absolute atomic E-state index is 0.0180. The molecule has 1 aliphatic carbocycles. The topological polar surface area (TPSA) is 137 Å². The number of amides is 1. The van der Waals surface area contributed by atoms with Gasteiger partial charge in [-0.25, -0.2) is 13.2 Å². The summed E-state index contributed by atoms with van der Waals surface area (Å²) in [6, 6.07) is 23.4. The molecule has 42 heavy (non-hydrogen) atoms. The van der Waals surface area contributed by atoms with Gasteiger partial charge >= 0.3 is 5.97 Å². The van der Waals surface area contributed by atoms with Gasteiger partial charge in [-0.15, -0.1) is 0 Å². The van der Waals surface area contributed by atoms with Crippen LogP contribution in [0.5, 0.6) is 0 Å².